The molecule has 0 aliphatic rings. The van der Waals surface area contributed by atoms with Gasteiger partial charge in [-0.15, -0.1) is 0 Å². The predicted molar refractivity (Wildman–Crippen MR) is 121 cm³/mol. The monoisotopic (exact) mass is 424 g/mol. The highest BCUT2D eigenvalue weighted by Crippen LogP contribution is 2.44. The van der Waals surface area contributed by atoms with Crippen molar-refractivity contribution in [3.8, 4) is 11.5 Å². The van der Waals surface area contributed by atoms with E-state index in [4.69, 9.17) is 9.47 Å². The average Bonchev–Trinajstić information content (AvgIpc) is 2.76. The van der Waals surface area contributed by atoms with Crippen LogP contribution in [0, 0.1) is 5.82 Å². The molecule has 0 aliphatic carbocycles. The summed E-state index contributed by atoms with van der Waals surface area (Å²) in [5.74, 6) is -0.794. The highest BCUT2D eigenvalue weighted by molar-refractivity contribution is 6.12. The predicted octanol–water partition coefficient (Wildman–Crippen LogP) is 7.10. The maximum absolute atomic E-state index is 15.0. The molecule has 0 spiro atoms. The lowest BCUT2D eigenvalue weighted by Gasteiger charge is -2.17. The molecule has 0 radical (unpaired) electrons. The molecule has 0 fully saturated rings. The van der Waals surface area contributed by atoms with Crippen LogP contribution in [0.3, 0.4) is 0 Å². The Hall–Kier alpha value is -2.95. The average molecular weight is 425 g/mol. The third-order valence-corrected chi connectivity index (χ3v) is 5.30. The highest BCUT2D eigenvalue weighted by atomic mass is 19.1. The van der Waals surface area contributed by atoms with E-state index in [9.17, 15) is 14.0 Å². The van der Waals surface area contributed by atoms with E-state index in [1.54, 1.807) is 30.3 Å². The van der Waals surface area contributed by atoms with Crippen LogP contribution in [0.5, 0.6) is 11.5 Å². The quantitative estimate of drug-likeness (QED) is 0.151. The molecule has 31 heavy (non-hydrogen) atoms. The lowest BCUT2D eigenvalue weighted by atomic mass is 10.00. The van der Waals surface area contributed by atoms with E-state index in [1.165, 1.54) is 6.07 Å². The Bertz CT molecular complexity index is 1070. The van der Waals surface area contributed by atoms with Crippen LogP contribution in [0.4, 0.5) is 4.39 Å². The van der Waals surface area contributed by atoms with Crippen molar-refractivity contribution in [2.75, 3.05) is 0 Å². The first-order valence-corrected chi connectivity index (χ1v) is 11.1. The molecule has 0 amide bonds. The van der Waals surface area contributed by atoms with E-state index in [2.05, 4.69) is 13.8 Å². The molecule has 0 atom stereocenters. The Morgan fingerprint density at radius 1 is 0.710 bits per heavy atom. The molecule has 0 bridgehead atoms. The Kier molecular flexibility index (Phi) is 7.99. The van der Waals surface area contributed by atoms with Crippen molar-refractivity contribution in [2.45, 2.75) is 65.2 Å². The molecule has 164 valence electrons. The van der Waals surface area contributed by atoms with Crippen LogP contribution in [0.25, 0.3) is 21.5 Å². The van der Waals surface area contributed by atoms with E-state index >= 15 is 0 Å². The van der Waals surface area contributed by atoms with Crippen LogP contribution in [0.1, 0.15) is 65.2 Å². The molecule has 5 heteroatoms. The van der Waals surface area contributed by atoms with Crippen molar-refractivity contribution < 1.29 is 23.5 Å². The summed E-state index contributed by atoms with van der Waals surface area (Å²) in [5, 5.41) is 1.72. The van der Waals surface area contributed by atoms with Crippen LogP contribution < -0.4 is 9.47 Å². The van der Waals surface area contributed by atoms with Gasteiger partial charge in [0.25, 0.3) is 0 Å². The summed E-state index contributed by atoms with van der Waals surface area (Å²) in [6.45, 7) is 4.13. The molecule has 0 aromatic heterocycles. The molecule has 4 nitrogen and oxygen atoms in total. The van der Waals surface area contributed by atoms with Crippen molar-refractivity contribution in [3.05, 3.63) is 48.3 Å². The van der Waals surface area contributed by atoms with E-state index < -0.39 is 11.8 Å². The number of carbonyl (C=O) groups is 2. The summed E-state index contributed by atoms with van der Waals surface area (Å²) in [4.78, 5) is 24.9. The molecule has 0 unspecified atom stereocenters. The van der Waals surface area contributed by atoms with Gasteiger partial charge in [-0.1, -0.05) is 75.9 Å². The Morgan fingerprint density at radius 3 is 1.81 bits per heavy atom. The Morgan fingerprint density at radius 2 is 1.23 bits per heavy atom. The molecule has 3 rings (SSSR count). The summed E-state index contributed by atoms with van der Waals surface area (Å²) in [7, 11) is 0. The number of fused-ring (bicyclic) bond motifs is 2. The number of unbranched alkanes of at least 4 members (excludes halogenated alkanes) is 4. The van der Waals surface area contributed by atoms with Crippen LogP contribution >= 0.6 is 0 Å². The fraction of sp³-hybridized carbons (Fsp3) is 0.385. The van der Waals surface area contributed by atoms with Crippen LogP contribution in [0.15, 0.2) is 42.5 Å². The molecular weight excluding hydrogens is 395 g/mol. The third kappa shape index (κ3) is 5.40. The van der Waals surface area contributed by atoms with Gasteiger partial charge in [0.15, 0.2) is 0 Å². The number of halogens is 1. The summed E-state index contributed by atoms with van der Waals surface area (Å²) < 4.78 is 26.4. The zero-order valence-electron chi connectivity index (χ0n) is 18.2. The van der Waals surface area contributed by atoms with Crippen molar-refractivity contribution in [3.63, 3.8) is 0 Å². The van der Waals surface area contributed by atoms with Gasteiger partial charge in [0.2, 0.25) is 0 Å². The summed E-state index contributed by atoms with van der Waals surface area (Å²) >= 11 is 0. The maximum Gasteiger partial charge on any atom is 0.311 e. The fourth-order valence-electron chi connectivity index (χ4n) is 3.69. The third-order valence-electron chi connectivity index (χ3n) is 5.30. The van der Waals surface area contributed by atoms with Crippen LogP contribution in [-0.4, -0.2) is 11.9 Å². The normalized spacial score (nSPS) is 11.1. The van der Waals surface area contributed by atoms with E-state index in [-0.39, 0.29) is 23.5 Å². The second-order valence-electron chi connectivity index (χ2n) is 7.73. The van der Waals surface area contributed by atoms with Gasteiger partial charge in [-0.25, -0.2) is 4.39 Å². The van der Waals surface area contributed by atoms with E-state index in [0.29, 0.717) is 28.3 Å². The fourth-order valence-corrected chi connectivity index (χ4v) is 3.69. The van der Waals surface area contributed by atoms with Gasteiger partial charge < -0.3 is 9.47 Å². The number of benzene rings is 3. The SMILES string of the molecule is CCCCCC(=O)Oc1c2ccccc2c(OC(=O)CCCCC)c2c(F)cccc12. The highest BCUT2D eigenvalue weighted by Gasteiger charge is 2.22. The van der Waals surface area contributed by atoms with Gasteiger partial charge in [-0.3, -0.25) is 9.59 Å². The molecule has 0 saturated heterocycles. The minimum Gasteiger partial charge on any atom is -0.425 e. The molecule has 0 saturated carbocycles. The number of ether oxygens (including phenoxy) is 2. The van der Waals surface area contributed by atoms with Crippen molar-refractivity contribution in [1.82, 2.24) is 0 Å². The summed E-state index contributed by atoms with van der Waals surface area (Å²) in [5.41, 5.74) is 0. The van der Waals surface area contributed by atoms with Gasteiger partial charge in [-0.05, 0) is 18.9 Å². The zero-order chi connectivity index (χ0) is 22.2. The van der Waals surface area contributed by atoms with E-state index in [1.807, 2.05) is 6.07 Å². The lowest BCUT2D eigenvalue weighted by molar-refractivity contribution is -0.135. The molecule has 0 heterocycles. The largest absolute Gasteiger partial charge is 0.425 e. The molecular formula is C26H29FO4. The van der Waals surface area contributed by atoms with E-state index in [0.717, 1.165) is 38.5 Å². The minimum absolute atomic E-state index is 0.154. The molecule has 0 aliphatic heterocycles. The first-order valence-electron chi connectivity index (χ1n) is 11.1. The van der Waals surface area contributed by atoms with Gasteiger partial charge in [0.05, 0.1) is 5.39 Å². The zero-order valence-corrected chi connectivity index (χ0v) is 18.2. The van der Waals surface area contributed by atoms with Gasteiger partial charge >= 0.3 is 11.9 Å². The number of esters is 2. The summed E-state index contributed by atoms with van der Waals surface area (Å²) in [6, 6.07) is 11.7. The Balaban J connectivity index is 2.08. The van der Waals surface area contributed by atoms with Gasteiger partial charge in [0.1, 0.15) is 17.3 Å². The number of hydrogen-bond acceptors (Lipinski definition) is 4. The topological polar surface area (TPSA) is 52.6 Å². The van der Waals surface area contributed by atoms with Gasteiger partial charge in [0, 0.05) is 29.0 Å². The number of hydrogen-bond donors (Lipinski definition) is 0. The van der Waals surface area contributed by atoms with Gasteiger partial charge in [-0.2, -0.15) is 0 Å². The minimum atomic E-state index is -0.525. The first-order chi connectivity index (χ1) is 15.1. The smallest absolute Gasteiger partial charge is 0.311 e. The van der Waals surface area contributed by atoms with Crippen LogP contribution in [-0.2, 0) is 9.59 Å². The number of carbonyl (C=O) groups excluding carboxylic acids is 2. The second kappa shape index (κ2) is 10.9. The maximum atomic E-state index is 15.0. The van der Waals surface area contributed by atoms with Crippen molar-refractivity contribution in [2.24, 2.45) is 0 Å². The lowest BCUT2D eigenvalue weighted by Crippen LogP contribution is -2.11. The molecule has 3 aromatic carbocycles. The summed E-state index contributed by atoms with van der Waals surface area (Å²) in [6.07, 6.45) is 5.90. The Labute approximate surface area is 182 Å². The second-order valence-corrected chi connectivity index (χ2v) is 7.73. The first kappa shape index (κ1) is 22.7. The van der Waals surface area contributed by atoms with Crippen LogP contribution in [0.2, 0.25) is 0 Å². The molecule has 0 N–H and O–H groups in total. The molecule has 3 aromatic rings. The standard InChI is InChI=1S/C26H29FO4/c1-3-5-7-16-22(28)30-25-18-12-9-10-13-19(18)26(31-23(29)17-8-6-4-2)24-20(25)14-11-15-21(24)27/h9-15H,3-8,16-17H2,1-2H3. The van der Waals surface area contributed by atoms with Crippen molar-refractivity contribution >= 4 is 33.5 Å². The van der Waals surface area contributed by atoms with Crippen molar-refractivity contribution in [1.29, 1.82) is 0 Å². The number of rotatable bonds is 10.